The molecule has 0 fully saturated rings. The molecule has 0 unspecified atom stereocenters. The fourth-order valence-corrected chi connectivity index (χ4v) is 5.44. The first-order valence-corrected chi connectivity index (χ1v) is 12.2. The monoisotopic (exact) mass is 503 g/mol. The van der Waals surface area contributed by atoms with E-state index < -0.39 is 33.2 Å². The van der Waals surface area contributed by atoms with Gasteiger partial charge in [-0.1, -0.05) is 18.2 Å². The number of amides is 2. The van der Waals surface area contributed by atoms with Crippen molar-refractivity contribution in [2.45, 2.75) is 16.3 Å². The Bertz CT molecular complexity index is 1640. The Kier molecular flexibility index (Phi) is 5.73. The molecule has 10 heteroatoms. The molecule has 0 radical (unpaired) electrons. The van der Waals surface area contributed by atoms with Crippen molar-refractivity contribution in [3.05, 3.63) is 102 Å². The van der Waals surface area contributed by atoms with E-state index in [0.29, 0.717) is 16.8 Å². The number of sulfone groups is 1. The number of nitrogens with one attached hydrogen (secondary N) is 2. The van der Waals surface area contributed by atoms with Crippen LogP contribution in [-0.4, -0.2) is 30.3 Å². The molecule has 2 amide bonds. The van der Waals surface area contributed by atoms with Crippen LogP contribution in [-0.2, 0) is 16.4 Å². The summed E-state index contributed by atoms with van der Waals surface area (Å²) in [7, 11) is -3.96. The number of aromatic hydroxyl groups is 1. The lowest BCUT2D eigenvalue weighted by atomic mass is 10.1. The van der Waals surface area contributed by atoms with Crippen LogP contribution in [0.4, 0.5) is 10.1 Å². The molecule has 1 aliphatic heterocycles. The second kappa shape index (κ2) is 8.90. The molecule has 3 N–H and O–H groups in total. The SMILES string of the molecule is O=C(NCc1ccc(-c2ccc(O)c(F)c2)nc1)c1ccc2c(c1)NC(=O)c1ccccc1S2(=O)=O. The Balaban J connectivity index is 1.33. The van der Waals surface area contributed by atoms with E-state index >= 15 is 0 Å². The molecule has 0 bridgehead atoms. The molecule has 8 nitrogen and oxygen atoms in total. The average Bonchev–Trinajstić information content (AvgIpc) is 2.96. The summed E-state index contributed by atoms with van der Waals surface area (Å²) in [6.07, 6.45) is 1.53. The number of benzene rings is 3. The van der Waals surface area contributed by atoms with Crippen molar-refractivity contribution in [2.75, 3.05) is 5.32 Å². The summed E-state index contributed by atoms with van der Waals surface area (Å²) >= 11 is 0. The van der Waals surface area contributed by atoms with Gasteiger partial charge in [0.2, 0.25) is 9.84 Å². The van der Waals surface area contributed by atoms with E-state index in [1.165, 1.54) is 54.7 Å². The highest BCUT2D eigenvalue weighted by atomic mass is 32.2. The first-order chi connectivity index (χ1) is 17.2. The summed E-state index contributed by atoms with van der Waals surface area (Å²) < 4.78 is 39.8. The minimum absolute atomic E-state index is 0.0241. The number of carbonyl (C=O) groups is 2. The number of rotatable bonds is 4. The zero-order chi connectivity index (χ0) is 25.4. The third kappa shape index (κ3) is 4.18. The van der Waals surface area contributed by atoms with Crippen LogP contribution in [0.5, 0.6) is 5.75 Å². The fraction of sp³-hybridized carbons (Fsp3) is 0.0385. The Hall–Kier alpha value is -4.57. The van der Waals surface area contributed by atoms with Crippen LogP contribution in [0.25, 0.3) is 11.3 Å². The molecule has 0 saturated carbocycles. The van der Waals surface area contributed by atoms with Crippen molar-refractivity contribution in [1.82, 2.24) is 10.3 Å². The summed E-state index contributed by atoms with van der Waals surface area (Å²) in [5.74, 6) is -2.25. The molecular formula is C26H18FN3O5S. The van der Waals surface area contributed by atoms with Crippen LogP contribution < -0.4 is 10.6 Å². The second-order valence-electron chi connectivity index (χ2n) is 8.07. The Morgan fingerprint density at radius 2 is 1.81 bits per heavy atom. The van der Waals surface area contributed by atoms with E-state index in [9.17, 15) is 27.5 Å². The smallest absolute Gasteiger partial charge is 0.257 e. The number of hydrogen-bond donors (Lipinski definition) is 3. The van der Waals surface area contributed by atoms with E-state index in [4.69, 9.17) is 0 Å². The lowest BCUT2D eigenvalue weighted by molar-refractivity contribution is 0.0949. The third-order valence-electron chi connectivity index (χ3n) is 5.72. The number of halogens is 1. The van der Waals surface area contributed by atoms with Crippen molar-refractivity contribution in [1.29, 1.82) is 0 Å². The highest BCUT2D eigenvalue weighted by Crippen LogP contribution is 2.34. The number of hydrogen-bond acceptors (Lipinski definition) is 6. The number of pyridine rings is 1. The number of phenols is 1. The van der Waals surface area contributed by atoms with Crippen LogP contribution in [0.15, 0.2) is 88.8 Å². The molecular weight excluding hydrogens is 485 g/mol. The van der Waals surface area contributed by atoms with Gasteiger partial charge in [0.15, 0.2) is 11.6 Å². The predicted octanol–water partition coefficient (Wildman–Crippen LogP) is 3.92. The number of aromatic nitrogens is 1. The van der Waals surface area contributed by atoms with Gasteiger partial charge in [-0.05, 0) is 60.2 Å². The molecule has 3 aromatic carbocycles. The summed E-state index contributed by atoms with van der Waals surface area (Å²) in [5, 5.41) is 14.6. The zero-order valence-electron chi connectivity index (χ0n) is 18.5. The highest BCUT2D eigenvalue weighted by molar-refractivity contribution is 7.91. The first-order valence-electron chi connectivity index (χ1n) is 10.8. The Morgan fingerprint density at radius 1 is 1.00 bits per heavy atom. The second-order valence-corrected chi connectivity index (χ2v) is 9.95. The molecule has 1 aromatic heterocycles. The van der Waals surface area contributed by atoms with Crippen LogP contribution in [0.1, 0.15) is 26.3 Å². The van der Waals surface area contributed by atoms with Gasteiger partial charge in [-0.3, -0.25) is 14.6 Å². The number of fused-ring (bicyclic) bond motifs is 2. The van der Waals surface area contributed by atoms with Gasteiger partial charge >= 0.3 is 0 Å². The van der Waals surface area contributed by atoms with Crippen LogP contribution in [0.2, 0.25) is 0 Å². The van der Waals surface area contributed by atoms with E-state index in [-0.39, 0.29) is 33.2 Å². The molecule has 2 heterocycles. The van der Waals surface area contributed by atoms with Gasteiger partial charge in [-0.25, -0.2) is 12.8 Å². The lowest BCUT2D eigenvalue weighted by Gasteiger charge is -2.10. The number of phenolic OH excluding ortho intramolecular Hbond substituents is 1. The predicted molar refractivity (Wildman–Crippen MR) is 129 cm³/mol. The van der Waals surface area contributed by atoms with Crippen molar-refractivity contribution < 1.29 is 27.5 Å². The van der Waals surface area contributed by atoms with Gasteiger partial charge in [0.25, 0.3) is 11.8 Å². The molecule has 0 spiro atoms. The maximum absolute atomic E-state index is 13.6. The van der Waals surface area contributed by atoms with Gasteiger partial charge in [0.05, 0.1) is 26.7 Å². The number of nitrogens with zero attached hydrogens (tertiary/aromatic N) is 1. The zero-order valence-corrected chi connectivity index (χ0v) is 19.3. The largest absolute Gasteiger partial charge is 0.505 e. The standard InChI is InChI=1S/C26H18FN3O5S/c27-19-11-16(6-9-22(19)31)20-8-5-15(13-28-20)14-29-25(32)17-7-10-24-21(12-17)30-26(33)18-3-1-2-4-23(18)36(24,34)35/h1-13,31H,14H2,(H,29,32)(H,30,33). The first kappa shape index (κ1) is 23.2. The van der Waals surface area contributed by atoms with E-state index in [1.807, 2.05) is 0 Å². The lowest BCUT2D eigenvalue weighted by Crippen LogP contribution is -2.23. The quantitative estimate of drug-likeness (QED) is 0.388. The number of anilines is 1. The summed E-state index contributed by atoms with van der Waals surface area (Å²) in [5.41, 5.74) is 1.88. The molecule has 5 rings (SSSR count). The summed E-state index contributed by atoms with van der Waals surface area (Å²) in [6, 6.07) is 17.3. The van der Waals surface area contributed by atoms with E-state index in [1.54, 1.807) is 24.3 Å². The molecule has 4 aromatic rings. The normalized spacial score (nSPS) is 13.6. The fourth-order valence-electron chi connectivity index (χ4n) is 3.85. The maximum Gasteiger partial charge on any atom is 0.257 e. The summed E-state index contributed by atoms with van der Waals surface area (Å²) in [4.78, 5) is 29.4. The third-order valence-corrected chi connectivity index (χ3v) is 7.59. The number of carbonyl (C=O) groups excluding carboxylic acids is 2. The molecule has 0 saturated heterocycles. The Labute approximate surface area is 205 Å². The van der Waals surface area contributed by atoms with Gasteiger partial charge < -0.3 is 15.7 Å². The summed E-state index contributed by atoms with van der Waals surface area (Å²) in [6.45, 7) is 0.128. The molecule has 180 valence electrons. The van der Waals surface area contributed by atoms with Crippen molar-refractivity contribution in [3.8, 4) is 17.0 Å². The van der Waals surface area contributed by atoms with E-state index in [0.717, 1.165) is 0 Å². The van der Waals surface area contributed by atoms with Gasteiger partial charge in [-0.15, -0.1) is 0 Å². The molecule has 0 aliphatic carbocycles. The van der Waals surface area contributed by atoms with Crippen molar-refractivity contribution >= 4 is 27.3 Å². The topological polar surface area (TPSA) is 125 Å². The molecule has 0 atom stereocenters. The average molecular weight is 504 g/mol. The van der Waals surface area contributed by atoms with Crippen LogP contribution >= 0.6 is 0 Å². The van der Waals surface area contributed by atoms with Gasteiger partial charge in [-0.2, -0.15) is 0 Å². The van der Waals surface area contributed by atoms with Crippen molar-refractivity contribution in [3.63, 3.8) is 0 Å². The minimum Gasteiger partial charge on any atom is -0.505 e. The Morgan fingerprint density at radius 3 is 2.56 bits per heavy atom. The van der Waals surface area contributed by atoms with E-state index in [2.05, 4.69) is 15.6 Å². The minimum atomic E-state index is -3.96. The van der Waals surface area contributed by atoms with Crippen molar-refractivity contribution in [2.24, 2.45) is 0 Å². The van der Waals surface area contributed by atoms with Gasteiger partial charge in [0, 0.05) is 23.9 Å². The molecule has 36 heavy (non-hydrogen) atoms. The van der Waals surface area contributed by atoms with Crippen LogP contribution in [0, 0.1) is 5.82 Å². The highest BCUT2D eigenvalue weighted by Gasteiger charge is 2.31. The van der Waals surface area contributed by atoms with Gasteiger partial charge in [0.1, 0.15) is 0 Å². The molecule has 1 aliphatic rings. The maximum atomic E-state index is 13.6. The van der Waals surface area contributed by atoms with Crippen LogP contribution in [0.3, 0.4) is 0 Å².